The number of rotatable bonds is 6. The number of carbonyl (C=O) groups excluding carboxylic acids is 1. The normalized spacial score (nSPS) is 11.8. The summed E-state index contributed by atoms with van der Waals surface area (Å²) in [4.78, 5) is 12.2. The number of halogens is 3. The second kappa shape index (κ2) is 10.7. The van der Waals surface area contributed by atoms with Crippen molar-refractivity contribution in [3.05, 3.63) is 89.5 Å². The zero-order valence-electron chi connectivity index (χ0n) is 20.7. The fourth-order valence-electron chi connectivity index (χ4n) is 4.15. The Morgan fingerprint density at radius 1 is 1.00 bits per heavy atom. The summed E-state index contributed by atoms with van der Waals surface area (Å²) in [6.45, 7) is 3.85. The topological polar surface area (TPSA) is 88.8 Å². The van der Waals surface area contributed by atoms with Crippen LogP contribution in [-0.4, -0.2) is 23.8 Å². The number of ether oxygens (including phenoxy) is 1. The Morgan fingerprint density at radius 2 is 1.72 bits per heavy atom. The third-order valence-corrected chi connectivity index (χ3v) is 6.44. The lowest BCUT2D eigenvalue weighted by atomic mass is 10.0. The summed E-state index contributed by atoms with van der Waals surface area (Å²) in [5.41, 5.74) is 5.18. The monoisotopic (exact) mass is 550 g/mol. The van der Waals surface area contributed by atoms with Crippen molar-refractivity contribution in [1.29, 1.82) is 0 Å². The first-order valence-electron chi connectivity index (χ1n) is 11.7. The summed E-state index contributed by atoms with van der Waals surface area (Å²) in [6, 6.07) is 20.3. The molecule has 4 aromatic carbocycles. The van der Waals surface area contributed by atoms with E-state index in [9.17, 15) is 18.0 Å². The largest absolute Gasteiger partial charge is 0.573 e. The molecule has 0 aliphatic carbocycles. The first-order valence-corrected chi connectivity index (χ1v) is 12.5. The molecule has 7 nitrogen and oxygen atoms in total. The molecule has 0 saturated carbocycles. The highest BCUT2D eigenvalue weighted by Crippen LogP contribution is 2.34. The van der Waals surface area contributed by atoms with Crippen LogP contribution in [0.1, 0.15) is 16.7 Å². The number of para-hydroxylation sites is 1. The van der Waals surface area contributed by atoms with E-state index in [-0.39, 0.29) is 11.8 Å². The van der Waals surface area contributed by atoms with Crippen LogP contribution in [0, 0.1) is 13.8 Å². The molecule has 0 radical (unpaired) electrons. The molecule has 5 rings (SSSR count). The Balaban J connectivity index is 1.27. The number of amides is 2. The fraction of sp³-hybridized carbons (Fsp3) is 0.107. The molecule has 0 atom stereocenters. The number of carbonyl (C=O) groups is 1. The number of aromatic nitrogens is 1. The Bertz CT molecular complexity index is 1680. The van der Waals surface area contributed by atoms with Crippen LogP contribution in [0.4, 0.5) is 23.7 Å². The van der Waals surface area contributed by atoms with E-state index in [1.165, 1.54) is 24.3 Å². The summed E-state index contributed by atoms with van der Waals surface area (Å²) < 4.78 is 53.7. The molecule has 11 heteroatoms. The maximum Gasteiger partial charge on any atom is 0.573 e. The highest BCUT2D eigenvalue weighted by atomic mass is 32.2. The van der Waals surface area contributed by atoms with Gasteiger partial charge in [0.05, 0.1) is 17.5 Å². The molecule has 0 unspecified atom stereocenters. The van der Waals surface area contributed by atoms with Crippen LogP contribution >= 0.6 is 12.1 Å². The molecule has 0 aliphatic rings. The zero-order chi connectivity index (χ0) is 27.6. The van der Waals surface area contributed by atoms with Crippen molar-refractivity contribution in [2.24, 2.45) is 4.40 Å². The molecular formula is C28H21F3N4O3S. The number of hydrogen-bond acceptors (Lipinski definition) is 6. The maximum atomic E-state index is 12.4. The van der Waals surface area contributed by atoms with E-state index in [1.807, 2.05) is 62.4 Å². The minimum absolute atomic E-state index is 0.311. The van der Waals surface area contributed by atoms with Crippen molar-refractivity contribution >= 4 is 51.8 Å². The van der Waals surface area contributed by atoms with Gasteiger partial charge >= 0.3 is 12.4 Å². The second-order valence-corrected chi connectivity index (χ2v) is 9.27. The molecule has 5 aromatic rings. The molecule has 2 N–H and O–H groups in total. The van der Waals surface area contributed by atoms with Gasteiger partial charge in [0.25, 0.3) is 0 Å². The van der Waals surface area contributed by atoms with Gasteiger partial charge in [0.1, 0.15) is 11.4 Å². The molecule has 0 bridgehead atoms. The summed E-state index contributed by atoms with van der Waals surface area (Å²) in [6.07, 6.45) is -3.13. The van der Waals surface area contributed by atoms with Crippen molar-refractivity contribution in [3.63, 3.8) is 0 Å². The van der Waals surface area contributed by atoms with Gasteiger partial charge in [-0.2, -0.15) is 0 Å². The zero-order valence-corrected chi connectivity index (χ0v) is 21.5. The van der Waals surface area contributed by atoms with Crippen LogP contribution in [0.5, 0.6) is 5.75 Å². The maximum absolute atomic E-state index is 12.4. The van der Waals surface area contributed by atoms with Gasteiger partial charge < -0.3 is 14.6 Å². The van der Waals surface area contributed by atoms with Crippen molar-refractivity contribution in [2.75, 3.05) is 5.32 Å². The summed E-state index contributed by atoms with van der Waals surface area (Å²) in [5, 5.41) is 9.40. The molecule has 1 heterocycles. The molecule has 2 amide bonds. The molecule has 0 spiro atoms. The van der Waals surface area contributed by atoms with Crippen LogP contribution in [0.3, 0.4) is 0 Å². The fourth-order valence-corrected chi connectivity index (χ4v) is 4.51. The number of anilines is 1. The van der Waals surface area contributed by atoms with Crippen LogP contribution < -0.4 is 14.8 Å². The van der Waals surface area contributed by atoms with Crippen LogP contribution in [0.15, 0.2) is 81.7 Å². The number of hydrogen-bond donors (Lipinski definition) is 2. The van der Waals surface area contributed by atoms with Gasteiger partial charge in [-0.1, -0.05) is 35.5 Å². The summed E-state index contributed by atoms with van der Waals surface area (Å²) in [7, 11) is 0. The number of nitrogens with one attached hydrogen (secondary N) is 2. The van der Waals surface area contributed by atoms with Crippen LogP contribution in [0.25, 0.3) is 33.0 Å². The van der Waals surface area contributed by atoms with Gasteiger partial charge in [-0.25, -0.2) is 9.19 Å². The van der Waals surface area contributed by atoms with Crippen molar-refractivity contribution < 1.29 is 27.2 Å². The Morgan fingerprint density at radius 3 is 2.44 bits per heavy atom. The average molecular weight is 551 g/mol. The third kappa shape index (κ3) is 5.99. The third-order valence-electron chi connectivity index (χ3n) is 5.95. The lowest BCUT2D eigenvalue weighted by molar-refractivity contribution is -0.274. The van der Waals surface area contributed by atoms with Gasteiger partial charge in [-0.15, -0.1) is 13.2 Å². The first kappa shape index (κ1) is 26.1. The lowest BCUT2D eigenvalue weighted by Gasteiger charge is -2.10. The lowest BCUT2D eigenvalue weighted by Crippen LogP contribution is -2.23. The van der Waals surface area contributed by atoms with E-state index in [2.05, 4.69) is 24.3 Å². The summed E-state index contributed by atoms with van der Waals surface area (Å²) >= 11 is 0.907. The van der Waals surface area contributed by atoms with Crippen molar-refractivity contribution in [1.82, 2.24) is 9.88 Å². The molecule has 0 saturated heterocycles. The molecule has 0 fully saturated rings. The van der Waals surface area contributed by atoms with Crippen LogP contribution in [-0.2, 0) is 0 Å². The quantitative estimate of drug-likeness (QED) is 0.165. The molecular weight excluding hydrogens is 529 g/mol. The highest BCUT2D eigenvalue weighted by molar-refractivity contribution is 7.96. The van der Waals surface area contributed by atoms with Gasteiger partial charge in [0.2, 0.25) is 0 Å². The predicted octanol–water partition coefficient (Wildman–Crippen LogP) is 7.97. The van der Waals surface area contributed by atoms with E-state index < -0.39 is 6.36 Å². The number of nitrogens with zero attached hydrogens (tertiary/aromatic N) is 2. The van der Waals surface area contributed by atoms with Crippen molar-refractivity contribution in [2.45, 2.75) is 20.2 Å². The SMILES string of the molecule is Cc1cccc(C)c1NC(=O)NS/N=C/c1ccc2c(ccc3c(-c4ccc(OC(F)(F)F)cc4)noc32)c1. The molecule has 198 valence electrons. The molecule has 1 aromatic heterocycles. The van der Waals surface area contributed by atoms with E-state index in [0.717, 1.165) is 50.7 Å². The van der Waals surface area contributed by atoms with Gasteiger partial charge in [0, 0.05) is 22.9 Å². The van der Waals surface area contributed by atoms with E-state index in [4.69, 9.17) is 4.52 Å². The Labute approximate surface area is 225 Å². The van der Waals surface area contributed by atoms with Gasteiger partial charge in [-0.05, 0) is 78.4 Å². The summed E-state index contributed by atoms with van der Waals surface area (Å²) in [5.74, 6) is -0.311. The molecule has 0 aliphatic heterocycles. The van der Waals surface area contributed by atoms with E-state index in [1.54, 1.807) is 6.21 Å². The smallest absolute Gasteiger partial charge is 0.406 e. The van der Waals surface area contributed by atoms with Gasteiger partial charge in [0.15, 0.2) is 5.58 Å². The van der Waals surface area contributed by atoms with Crippen molar-refractivity contribution in [3.8, 4) is 17.0 Å². The Hall–Kier alpha value is -4.51. The number of fused-ring (bicyclic) bond motifs is 3. The minimum atomic E-state index is -4.75. The number of aryl methyl sites for hydroxylation is 2. The van der Waals surface area contributed by atoms with E-state index in [0.29, 0.717) is 16.8 Å². The predicted molar refractivity (Wildman–Crippen MR) is 147 cm³/mol. The average Bonchev–Trinajstić information content (AvgIpc) is 3.33. The first-order chi connectivity index (χ1) is 18.7. The van der Waals surface area contributed by atoms with E-state index >= 15 is 0 Å². The number of alkyl halides is 3. The molecule has 39 heavy (non-hydrogen) atoms. The van der Waals surface area contributed by atoms with Gasteiger partial charge in [-0.3, -0.25) is 4.72 Å². The minimum Gasteiger partial charge on any atom is -0.406 e. The van der Waals surface area contributed by atoms with Crippen LogP contribution in [0.2, 0.25) is 0 Å². The number of benzene rings is 4. The Kier molecular flexibility index (Phi) is 7.16. The highest BCUT2D eigenvalue weighted by Gasteiger charge is 2.31. The standard InChI is InChI=1S/C28H21F3N4O3S/c1-16-4-3-5-17(2)24(16)33-27(36)35-39-32-15-18-6-12-22-20(14-18)9-13-23-25(34-38-26(22)23)19-7-10-21(11-8-19)37-28(29,30)31/h3-15H,1-2H3,(H2,33,35,36)/b32-15+. The second-order valence-electron chi connectivity index (χ2n) is 8.67. The number of urea groups is 1.